The second kappa shape index (κ2) is 4.29. The normalized spacial score (nSPS) is 37.3. The van der Waals surface area contributed by atoms with E-state index in [0.29, 0.717) is 5.92 Å². The summed E-state index contributed by atoms with van der Waals surface area (Å²) < 4.78 is 0. The highest BCUT2D eigenvalue weighted by Crippen LogP contribution is 2.47. The van der Waals surface area contributed by atoms with Crippen molar-refractivity contribution in [1.82, 2.24) is 0 Å². The second-order valence-electron chi connectivity index (χ2n) is 5.05. The predicted octanol–water partition coefficient (Wildman–Crippen LogP) is 3.96. The van der Waals surface area contributed by atoms with Gasteiger partial charge in [-0.25, -0.2) is 0 Å². The van der Waals surface area contributed by atoms with Crippen molar-refractivity contribution in [3.8, 4) is 0 Å². The molecule has 1 saturated heterocycles. The predicted molar refractivity (Wildman–Crippen MR) is 71.8 cm³/mol. The first kappa shape index (κ1) is 10.5. The first-order valence-corrected chi connectivity index (χ1v) is 7.33. The third-order valence-electron chi connectivity index (χ3n) is 4.04. The van der Waals surface area contributed by atoms with Gasteiger partial charge in [0.2, 0.25) is 0 Å². The van der Waals surface area contributed by atoms with Gasteiger partial charge in [-0.05, 0) is 40.7 Å². The Kier molecular flexibility index (Phi) is 2.81. The van der Waals surface area contributed by atoms with Gasteiger partial charge < -0.3 is 0 Å². The van der Waals surface area contributed by atoms with E-state index in [0.717, 1.165) is 17.8 Å². The van der Waals surface area contributed by atoms with Gasteiger partial charge in [-0.15, -0.1) is 0 Å². The number of hydrogen-bond donors (Lipinski definition) is 0. The summed E-state index contributed by atoms with van der Waals surface area (Å²) in [6.07, 6.45) is 4.90. The number of thioether (sulfide) groups is 1. The third-order valence-corrected chi connectivity index (χ3v) is 5.29. The Balaban J connectivity index is 1.96. The van der Waals surface area contributed by atoms with Crippen molar-refractivity contribution >= 4 is 11.8 Å². The van der Waals surface area contributed by atoms with E-state index in [1.165, 1.54) is 17.1 Å². The quantitative estimate of drug-likeness (QED) is 0.658. The fraction of sp³-hybridized carbons (Fsp3) is 0.467. The summed E-state index contributed by atoms with van der Waals surface area (Å²) in [6, 6.07) is 11.1. The monoisotopic (exact) mass is 230 g/mol. The fourth-order valence-corrected chi connectivity index (χ4v) is 4.70. The largest absolute Gasteiger partial charge is 0.161 e. The van der Waals surface area contributed by atoms with Gasteiger partial charge in [-0.3, -0.25) is 0 Å². The minimum Gasteiger partial charge on any atom is -0.161 e. The van der Waals surface area contributed by atoms with E-state index in [-0.39, 0.29) is 0 Å². The third kappa shape index (κ3) is 1.71. The molecule has 1 aromatic rings. The maximum Gasteiger partial charge on any atom is -0.000116 e. The van der Waals surface area contributed by atoms with Crippen molar-refractivity contribution in [2.24, 2.45) is 17.8 Å². The summed E-state index contributed by atoms with van der Waals surface area (Å²) in [5.41, 5.74) is 1.54. The lowest BCUT2D eigenvalue weighted by molar-refractivity contribution is 0.326. The van der Waals surface area contributed by atoms with Crippen molar-refractivity contribution in [2.75, 3.05) is 11.5 Å². The van der Waals surface area contributed by atoms with Crippen molar-refractivity contribution < 1.29 is 0 Å². The van der Waals surface area contributed by atoms with Gasteiger partial charge in [-0.1, -0.05) is 49.4 Å². The molecule has 0 spiro atoms. The maximum absolute atomic E-state index is 2.47. The molecule has 0 unspecified atom stereocenters. The summed E-state index contributed by atoms with van der Waals surface area (Å²) in [6.45, 7) is 2.37. The highest BCUT2D eigenvalue weighted by Gasteiger charge is 2.38. The first-order valence-electron chi connectivity index (χ1n) is 6.17. The maximum atomic E-state index is 2.47. The highest BCUT2D eigenvalue weighted by molar-refractivity contribution is 7.99. The molecule has 0 saturated carbocycles. The van der Waals surface area contributed by atoms with E-state index in [9.17, 15) is 0 Å². The van der Waals surface area contributed by atoms with Crippen molar-refractivity contribution in [3.63, 3.8) is 0 Å². The fourth-order valence-electron chi connectivity index (χ4n) is 3.21. The SMILES string of the molecule is C[C@H]1C=C[C@H]2CSC[C@@H]2[C@H]1c1ccccc1. The molecule has 84 valence electrons. The van der Waals surface area contributed by atoms with Gasteiger partial charge in [0.1, 0.15) is 0 Å². The van der Waals surface area contributed by atoms with Gasteiger partial charge in [-0.2, -0.15) is 11.8 Å². The Labute approximate surface area is 102 Å². The van der Waals surface area contributed by atoms with E-state index in [4.69, 9.17) is 0 Å². The van der Waals surface area contributed by atoms with E-state index >= 15 is 0 Å². The molecule has 0 radical (unpaired) electrons. The van der Waals surface area contributed by atoms with Gasteiger partial charge in [0.15, 0.2) is 0 Å². The van der Waals surface area contributed by atoms with E-state index in [1.54, 1.807) is 0 Å². The number of fused-ring (bicyclic) bond motifs is 1. The summed E-state index contributed by atoms with van der Waals surface area (Å²) in [4.78, 5) is 0. The average molecular weight is 230 g/mol. The van der Waals surface area contributed by atoms with Gasteiger partial charge in [0, 0.05) is 0 Å². The molecule has 0 nitrogen and oxygen atoms in total. The Morgan fingerprint density at radius 3 is 2.69 bits per heavy atom. The molecule has 0 N–H and O–H groups in total. The highest BCUT2D eigenvalue weighted by atomic mass is 32.2. The molecule has 1 heterocycles. The smallest absolute Gasteiger partial charge is 0.000116 e. The topological polar surface area (TPSA) is 0 Å². The number of hydrogen-bond acceptors (Lipinski definition) is 1. The molecule has 0 amide bonds. The van der Waals surface area contributed by atoms with Gasteiger partial charge in [0.05, 0.1) is 0 Å². The van der Waals surface area contributed by atoms with Crippen LogP contribution >= 0.6 is 11.8 Å². The van der Waals surface area contributed by atoms with Crippen LogP contribution in [0.5, 0.6) is 0 Å². The molecule has 1 heteroatoms. The Bertz CT molecular complexity index is 382. The molecule has 0 bridgehead atoms. The Hall–Kier alpha value is -0.690. The van der Waals surface area contributed by atoms with Crippen LogP contribution < -0.4 is 0 Å². The molecule has 16 heavy (non-hydrogen) atoms. The molecule has 4 atom stereocenters. The van der Waals surface area contributed by atoms with Crippen LogP contribution in [0.15, 0.2) is 42.5 Å². The first-order chi connectivity index (χ1) is 7.86. The van der Waals surface area contributed by atoms with Crippen LogP contribution in [0.4, 0.5) is 0 Å². The number of allylic oxidation sites excluding steroid dienone is 2. The van der Waals surface area contributed by atoms with Crippen LogP contribution in [0.2, 0.25) is 0 Å². The van der Waals surface area contributed by atoms with E-state index < -0.39 is 0 Å². The molecule has 1 fully saturated rings. The lowest BCUT2D eigenvalue weighted by Gasteiger charge is -2.34. The van der Waals surface area contributed by atoms with Crippen molar-refractivity contribution in [3.05, 3.63) is 48.0 Å². The van der Waals surface area contributed by atoms with Crippen molar-refractivity contribution in [1.29, 1.82) is 0 Å². The van der Waals surface area contributed by atoms with Crippen LogP contribution in [-0.4, -0.2) is 11.5 Å². The minimum atomic E-state index is 0.697. The summed E-state index contributed by atoms with van der Waals surface area (Å²) in [7, 11) is 0. The molecule has 1 aromatic carbocycles. The molecule has 0 aromatic heterocycles. The van der Waals surface area contributed by atoms with E-state index in [2.05, 4.69) is 61.2 Å². The Morgan fingerprint density at radius 2 is 1.88 bits per heavy atom. The number of benzene rings is 1. The molecule has 1 aliphatic carbocycles. The standard InChI is InChI=1S/C15H18S/c1-11-7-8-13-9-16-10-14(13)15(11)12-5-3-2-4-6-12/h2-8,11,13-15H,9-10H2,1H3/t11-,13-,14-,15+/m0/s1. The molecule has 1 aliphatic heterocycles. The zero-order chi connectivity index (χ0) is 11.0. The van der Waals surface area contributed by atoms with Crippen LogP contribution in [0.3, 0.4) is 0 Å². The van der Waals surface area contributed by atoms with Crippen LogP contribution in [0.25, 0.3) is 0 Å². The van der Waals surface area contributed by atoms with Crippen LogP contribution in [0.1, 0.15) is 18.4 Å². The average Bonchev–Trinajstić information content (AvgIpc) is 2.78. The Morgan fingerprint density at radius 1 is 1.06 bits per heavy atom. The molecule has 2 aliphatic rings. The van der Waals surface area contributed by atoms with Crippen LogP contribution in [0, 0.1) is 17.8 Å². The summed E-state index contributed by atoms with van der Waals surface area (Å²) >= 11 is 2.13. The zero-order valence-corrected chi connectivity index (χ0v) is 10.5. The second-order valence-corrected chi connectivity index (χ2v) is 6.12. The van der Waals surface area contributed by atoms with E-state index in [1.807, 2.05) is 0 Å². The lowest BCUT2D eigenvalue weighted by atomic mass is 9.69. The number of rotatable bonds is 1. The lowest BCUT2D eigenvalue weighted by Crippen LogP contribution is -2.27. The molecule has 3 rings (SSSR count). The molecular formula is C15H18S. The minimum absolute atomic E-state index is 0.697. The van der Waals surface area contributed by atoms with Gasteiger partial charge >= 0.3 is 0 Å². The zero-order valence-electron chi connectivity index (χ0n) is 9.67. The van der Waals surface area contributed by atoms with Crippen molar-refractivity contribution in [2.45, 2.75) is 12.8 Å². The molecular weight excluding hydrogens is 212 g/mol. The summed E-state index contributed by atoms with van der Waals surface area (Å²) in [5.74, 6) is 5.81. The van der Waals surface area contributed by atoms with Crippen LogP contribution in [-0.2, 0) is 0 Å². The summed E-state index contributed by atoms with van der Waals surface area (Å²) in [5, 5.41) is 0. The van der Waals surface area contributed by atoms with Gasteiger partial charge in [0.25, 0.3) is 0 Å².